The zero-order valence-electron chi connectivity index (χ0n) is 10.3. The number of rotatable bonds is 4. The van der Waals surface area contributed by atoms with E-state index >= 15 is 0 Å². The van der Waals surface area contributed by atoms with E-state index in [9.17, 15) is 9.18 Å². The van der Waals surface area contributed by atoms with Crippen molar-refractivity contribution < 1.29 is 19.0 Å². The van der Waals surface area contributed by atoms with Gasteiger partial charge in [0, 0.05) is 6.07 Å². The predicted octanol–water partition coefficient (Wildman–Crippen LogP) is 2.97. The van der Waals surface area contributed by atoms with Crippen molar-refractivity contribution in [1.82, 2.24) is 0 Å². The number of nitrogens with zero attached hydrogens (tertiary/aromatic N) is 1. The van der Waals surface area contributed by atoms with Crippen molar-refractivity contribution in [3.05, 3.63) is 65.0 Å². The zero-order valence-corrected chi connectivity index (χ0v) is 10.3. The van der Waals surface area contributed by atoms with Crippen molar-refractivity contribution in [3.8, 4) is 11.8 Å². The van der Waals surface area contributed by atoms with Gasteiger partial charge in [0.1, 0.15) is 24.2 Å². The number of hydrogen-bond donors (Lipinski definition) is 1. The van der Waals surface area contributed by atoms with Crippen molar-refractivity contribution in [2.75, 3.05) is 0 Å². The van der Waals surface area contributed by atoms with Gasteiger partial charge in [-0.3, -0.25) is 0 Å². The largest absolute Gasteiger partial charge is 0.489 e. The number of aromatic carboxylic acids is 1. The quantitative estimate of drug-likeness (QED) is 0.928. The molecule has 2 rings (SSSR count). The molecule has 5 heteroatoms. The molecule has 4 nitrogen and oxygen atoms in total. The minimum Gasteiger partial charge on any atom is -0.489 e. The fourth-order valence-electron chi connectivity index (χ4n) is 1.59. The van der Waals surface area contributed by atoms with E-state index in [1.807, 2.05) is 0 Å². The number of carboxylic acids is 1. The highest BCUT2D eigenvalue weighted by molar-refractivity contribution is 5.87. The van der Waals surface area contributed by atoms with E-state index in [1.165, 1.54) is 24.3 Å². The van der Waals surface area contributed by atoms with Gasteiger partial charge in [-0.25, -0.2) is 9.18 Å². The van der Waals surface area contributed by atoms with Crippen LogP contribution in [0.2, 0.25) is 0 Å². The van der Waals surface area contributed by atoms with E-state index in [1.54, 1.807) is 18.2 Å². The molecule has 2 aromatic rings. The van der Waals surface area contributed by atoms with Gasteiger partial charge < -0.3 is 9.84 Å². The Hall–Kier alpha value is -2.87. The topological polar surface area (TPSA) is 70.3 Å². The molecule has 100 valence electrons. The van der Waals surface area contributed by atoms with Gasteiger partial charge in [-0.15, -0.1) is 0 Å². The Morgan fingerprint density at radius 3 is 2.50 bits per heavy atom. The maximum Gasteiger partial charge on any atom is 0.335 e. The third-order valence-corrected chi connectivity index (χ3v) is 2.67. The normalized spacial score (nSPS) is 9.80. The smallest absolute Gasteiger partial charge is 0.335 e. The summed E-state index contributed by atoms with van der Waals surface area (Å²) in [4.78, 5) is 10.7. The van der Waals surface area contributed by atoms with Gasteiger partial charge in [0.2, 0.25) is 0 Å². The molecule has 0 saturated heterocycles. The maximum absolute atomic E-state index is 13.4. The van der Waals surface area contributed by atoms with E-state index < -0.39 is 11.8 Å². The van der Waals surface area contributed by atoms with Gasteiger partial charge in [0.05, 0.1) is 11.1 Å². The lowest BCUT2D eigenvalue weighted by Gasteiger charge is -2.07. The van der Waals surface area contributed by atoms with Crippen LogP contribution in [-0.4, -0.2) is 11.1 Å². The van der Waals surface area contributed by atoms with Crippen LogP contribution in [0.25, 0.3) is 0 Å². The van der Waals surface area contributed by atoms with Gasteiger partial charge in [-0.2, -0.15) is 5.26 Å². The molecule has 0 bridgehead atoms. The second-order valence-corrected chi connectivity index (χ2v) is 4.04. The molecule has 0 atom stereocenters. The molecular weight excluding hydrogens is 261 g/mol. The van der Waals surface area contributed by atoms with E-state index in [4.69, 9.17) is 15.1 Å². The van der Waals surface area contributed by atoms with Gasteiger partial charge in [0.25, 0.3) is 0 Å². The van der Waals surface area contributed by atoms with Crippen LogP contribution in [-0.2, 0) is 6.61 Å². The van der Waals surface area contributed by atoms with Crippen LogP contribution in [0.1, 0.15) is 21.5 Å². The Bertz CT molecular complexity index is 675. The van der Waals surface area contributed by atoms with E-state index in [2.05, 4.69) is 0 Å². The summed E-state index contributed by atoms with van der Waals surface area (Å²) in [5.41, 5.74) is 0.918. The number of halogens is 1. The fourth-order valence-corrected chi connectivity index (χ4v) is 1.59. The van der Waals surface area contributed by atoms with Crippen LogP contribution in [0, 0.1) is 17.1 Å². The van der Waals surface area contributed by atoms with Crippen molar-refractivity contribution in [3.63, 3.8) is 0 Å². The first-order valence-corrected chi connectivity index (χ1v) is 5.75. The van der Waals surface area contributed by atoms with Crippen molar-refractivity contribution in [2.24, 2.45) is 0 Å². The summed E-state index contributed by atoms with van der Waals surface area (Å²) in [6, 6.07) is 11.9. The SMILES string of the molecule is N#Cc1ccc(OCc2ccc(C(=O)O)cc2)cc1F. The summed E-state index contributed by atoms with van der Waals surface area (Å²) in [7, 11) is 0. The molecule has 0 heterocycles. The molecule has 0 aliphatic heterocycles. The van der Waals surface area contributed by atoms with E-state index in [0.717, 1.165) is 11.6 Å². The summed E-state index contributed by atoms with van der Waals surface area (Å²) < 4.78 is 18.7. The predicted molar refractivity (Wildman–Crippen MR) is 68.8 cm³/mol. The second kappa shape index (κ2) is 5.85. The molecule has 0 spiro atoms. The van der Waals surface area contributed by atoms with Crippen LogP contribution in [0.15, 0.2) is 42.5 Å². The average molecular weight is 271 g/mol. The second-order valence-electron chi connectivity index (χ2n) is 4.04. The molecule has 0 aliphatic rings. The summed E-state index contributed by atoms with van der Waals surface area (Å²) in [5.74, 6) is -1.32. The molecule has 2 aromatic carbocycles. The fraction of sp³-hybridized carbons (Fsp3) is 0.0667. The Morgan fingerprint density at radius 1 is 1.25 bits per heavy atom. The molecule has 0 aliphatic carbocycles. The summed E-state index contributed by atoms with van der Waals surface area (Å²) >= 11 is 0. The lowest BCUT2D eigenvalue weighted by Crippen LogP contribution is -1.99. The van der Waals surface area contributed by atoms with Crippen LogP contribution in [0.3, 0.4) is 0 Å². The molecule has 0 fully saturated rings. The van der Waals surface area contributed by atoms with Gasteiger partial charge in [0.15, 0.2) is 0 Å². The monoisotopic (exact) mass is 271 g/mol. The standard InChI is InChI=1S/C15H10FNO3/c16-14-7-13(6-5-12(14)8-17)20-9-10-1-3-11(4-2-10)15(18)19/h1-7H,9H2,(H,18,19). The van der Waals surface area contributed by atoms with Crippen LogP contribution >= 0.6 is 0 Å². The molecule has 1 N–H and O–H groups in total. The Balaban J connectivity index is 2.03. The number of carbonyl (C=O) groups is 1. The van der Waals surface area contributed by atoms with Gasteiger partial charge >= 0.3 is 5.97 Å². The summed E-state index contributed by atoms with van der Waals surface area (Å²) in [6.45, 7) is 0.186. The molecule has 0 aromatic heterocycles. The van der Waals surface area contributed by atoms with Crippen molar-refractivity contribution >= 4 is 5.97 Å². The number of benzene rings is 2. The van der Waals surface area contributed by atoms with Crippen LogP contribution in [0.5, 0.6) is 5.75 Å². The molecule has 20 heavy (non-hydrogen) atoms. The highest BCUT2D eigenvalue weighted by Crippen LogP contribution is 2.17. The molecule has 0 saturated carbocycles. The Labute approximate surface area is 114 Å². The summed E-state index contributed by atoms with van der Waals surface area (Å²) in [6.07, 6.45) is 0. The van der Waals surface area contributed by atoms with Crippen molar-refractivity contribution in [2.45, 2.75) is 6.61 Å². The first-order valence-electron chi connectivity index (χ1n) is 5.75. The number of hydrogen-bond acceptors (Lipinski definition) is 3. The Morgan fingerprint density at radius 2 is 1.95 bits per heavy atom. The molecule has 0 unspecified atom stereocenters. The third kappa shape index (κ3) is 3.12. The zero-order chi connectivity index (χ0) is 14.5. The van der Waals surface area contributed by atoms with Crippen LogP contribution in [0.4, 0.5) is 4.39 Å². The molecule has 0 amide bonds. The number of carboxylic acid groups (broad SMARTS) is 1. The number of nitriles is 1. The lowest BCUT2D eigenvalue weighted by molar-refractivity contribution is 0.0697. The first kappa shape index (κ1) is 13.6. The maximum atomic E-state index is 13.4. The van der Waals surface area contributed by atoms with E-state index in [-0.39, 0.29) is 17.7 Å². The molecule has 0 radical (unpaired) electrons. The third-order valence-electron chi connectivity index (χ3n) is 2.67. The van der Waals surface area contributed by atoms with Crippen LogP contribution < -0.4 is 4.74 Å². The minimum atomic E-state index is -0.994. The highest BCUT2D eigenvalue weighted by atomic mass is 19.1. The average Bonchev–Trinajstić information content (AvgIpc) is 2.45. The lowest BCUT2D eigenvalue weighted by atomic mass is 10.1. The van der Waals surface area contributed by atoms with Gasteiger partial charge in [-0.1, -0.05) is 12.1 Å². The van der Waals surface area contributed by atoms with Gasteiger partial charge in [-0.05, 0) is 29.8 Å². The minimum absolute atomic E-state index is 0.0387. The Kier molecular flexibility index (Phi) is 3.96. The van der Waals surface area contributed by atoms with Crippen molar-refractivity contribution in [1.29, 1.82) is 5.26 Å². The highest BCUT2D eigenvalue weighted by Gasteiger charge is 2.05. The number of ether oxygens (including phenoxy) is 1. The van der Waals surface area contributed by atoms with E-state index in [0.29, 0.717) is 5.75 Å². The first-order chi connectivity index (χ1) is 9.60. The molecular formula is C15H10FNO3. The summed E-state index contributed by atoms with van der Waals surface area (Å²) in [5, 5.41) is 17.4.